The van der Waals surface area contributed by atoms with E-state index < -0.39 is 0 Å². The number of hydrogen-bond donors (Lipinski definition) is 1. The third-order valence-electron chi connectivity index (χ3n) is 4.10. The number of nitrogens with zero attached hydrogens (tertiary/aromatic N) is 2. The molecule has 0 aromatic carbocycles. The van der Waals surface area contributed by atoms with Crippen molar-refractivity contribution in [1.82, 2.24) is 14.9 Å². The summed E-state index contributed by atoms with van der Waals surface area (Å²) in [7, 11) is 0. The van der Waals surface area contributed by atoms with Crippen LogP contribution in [-0.2, 0) is 6.54 Å². The number of aromatic nitrogens is 2. The summed E-state index contributed by atoms with van der Waals surface area (Å²) in [6.07, 6.45) is 5.64. The van der Waals surface area contributed by atoms with Crippen molar-refractivity contribution in [3.63, 3.8) is 0 Å². The van der Waals surface area contributed by atoms with Crippen LogP contribution in [0.5, 0.6) is 0 Å². The minimum atomic E-state index is -0.256. The number of furan rings is 1. The van der Waals surface area contributed by atoms with Crippen LogP contribution in [0.15, 0.2) is 33.7 Å². The van der Waals surface area contributed by atoms with Gasteiger partial charge in [-0.3, -0.25) is 9.59 Å². The van der Waals surface area contributed by atoms with Gasteiger partial charge in [-0.15, -0.1) is 0 Å². The molecule has 0 saturated heterocycles. The van der Waals surface area contributed by atoms with Crippen LogP contribution in [0.4, 0.5) is 0 Å². The van der Waals surface area contributed by atoms with Crippen LogP contribution in [0.25, 0.3) is 0 Å². The molecule has 2 aromatic rings. The van der Waals surface area contributed by atoms with E-state index >= 15 is 0 Å². The van der Waals surface area contributed by atoms with E-state index in [1.165, 1.54) is 6.07 Å². The van der Waals surface area contributed by atoms with Gasteiger partial charge in [0.2, 0.25) is 0 Å². The maximum Gasteiger partial charge on any atom is 0.273 e. The van der Waals surface area contributed by atoms with Gasteiger partial charge in [0, 0.05) is 18.0 Å². The molecule has 2 heterocycles. The second kappa shape index (κ2) is 5.12. The van der Waals surface area contributed by atoms with E-state index in [9.17, 15) is 9.59 Å². The lowest BCUT2D eigenvalue weighted by molar-refractivity contribution is 0.0711. The summed E-state index contributed by atoms with van der Waals surface area (Å²) < 4.78 is 5.34. The molecule has 2 saturated carbocycles. The average molecular weight is 299 g/mol. The van der Waals surface area contributed by atoms with E-state index in [-0.39, 0.29) is 23.2 Å². The van der Waals surface area contributed by atoms with Crippen LogP contribution in [0.2, 0.25) is 0 Å². The number of aromatic amines is 1. The van der Waals surface area contributed by atoms with E-state index in [1.54, 1.807) is 11.2 Å². The molecular formula is C16H17N3O3. The fraction of sp³-hybridized carbons (Fsp3) is 0.438. The highest BCUT2D eigenvalue weighted by molar-refractivity contribution is 5.92. The van der Waals surface area contributed by atoms with Crippen molar-refractivity contribution in [1.29, 1.82) is 0 Å². The fourth-order valence-electron chi connectivity index (χ4n) is 2.61. The zero-order valence-electron chi connectivity index (χ0n) is 12.1. The number of rotatable bonds is 5. The van der Waals surface area contributed by atoms with Crippen molar-refractivity contribution in [2.24, 2.45) is 0 Å². The van der Waals surface area contributed by atoms with E-state index in [1.807, 2.05) is 12.1 Å². The molecule has 0 unspecified atom stereocenters. The highest BCUT2D eigenvalue weighted by atomic mass is 16.3. The maximum absolute atomic E-state index is 12.8. The maximum atomic E-state index is 12.8. The van der Waals surface area contributed by atoms with Crippen molar-refractivity contribution in [2.75, 3.05) is 0 Å². The molecule has 6 nitrogen and oxygen atoms in total. The van der Waals surface area contributed by atoms with Gasteiger partial charge in [-0.2, -0.15) is 0 Å². The molecule has 114 valence electrons. The van der Waals surface area contributed by atoms with Gasteiger partial charge in [0.05, 0.1) is 12.8 Å². The van der Waals surface area contributed by atoms with Crippen molar-refractivity contribution < 1.29 is 9.21 Å². The molecule has 1 amide bonds. The number of nitrogens with one attached hydrogen (secondary N) is 1. The van der Waals surface area contributed by atoms with Crippen LogP contribution < -0.4 is 5.56 Å². The predicted octanol–water partition coefficient (Wildman–Crippen LogP) is 2.05. The van der Waals surface area contributed by atoms with Gasteiger partial charge in [0.1, 0.15) is 17.3 Å². The van der Waals surface area contributed by atoms with Gasteiger partial charge < -0.3 is 14.3 Å². The second-order valence-corrected chi connectivity index (χ2v) is 6.03. The lowest BCUT2D eigenvalue weighted by atomic mass is 10.3. The standard InChI is InChI=1S/C16H17N3O3/c20-14-8-13(17-15(18-14)10-3-4-10)16(21)19(11-5-6-11)9-12-2-1-7-22-12/h1-2,7-8,10-11H,3-6,9H2,(H,17,18,20). The second-order valence-electron chi connectivity index (χ2n) is 6.03. The molecular weight excluding hydrogens is 282 g/mol. The molecule has 0 bridgehead atoms. The summed E-state index contributed by atoms with van der Waals surface area (Å²) in [5.74, 6) is 1.50. The Labute approximate surface area is 127 Å². The SMILES string of the molecule is O=C(c1cc(=O)[nH]c(C2CC2)n1)N(Cc1ccco1)C1CC1. The van der Waals surface area contributed by atoms with Gasteiger partial charge >= 0.3 is 0 Å². The molecule has 2 aromatic heterocycles. The number of carbonyl (C=O) groups excluding carboxylic acids is 1. The molecule has 2 aliphatic carbocycles. The average Bonchev–Trinajstić information content (AvgIpc) is 3.43. The molecule has 0 spiro atoms. The zero-order chi connectivity index (χ0) is 15.1. The highest BCUT2D eigenvalue weighted by Crippen LogP contribution is 2.37. The van der Waals surface area contributed by atoms with Gasteiger partial charge in [0.25, 0.3) is 11.5 Å². The fourth-order valence-corrected chi connectivity index (χ4v) is 2.61. The highest BCUT2D eigenvalue weighted by Gasteiger charge is 2.35. The van der Waals surface area contributed by atoms with Crippen molar-refractivity contribution >= 4 is 5.91 Å². The largest absolute Gasteiger partial charge is 0.467 e. The molecule has 1 N–H and O–H groups in total. The Morgan fingerprint density at radius 1 is 1.36 bits per heavy atom. The third-order valence-corrected chi connectivity index (χ3v) is 4.10. The number of amides is 1. The quantitative estimate of drug-likeness (QED) is 0.916. The summed E-state index contributed by atoms with van der Waals surface area (Å²) >= 11 is 0. The Morgan fingerprint density at radius 3 is 2.82 bits per heavy atom. The van der Waals surface area contributed by atoms with E-state index in [4.69, 9.17) is 4.42 Å². The molecule has 0 aliphatic heterocycles. The molecule has 4 rings (SSSR count). The first-order chi connectivity index (χ1) is 10.7. The summed E-state index contributed by atoms with van der Waals surface area (Å²) in [4.78, 5) is 33.4. The topological polar surface area (TPSA) is 79.2 Å². The summed E-state index contributed by atoms with van der Waals surface area (Å²) in [5, 5.41) is 0. The Morgan fingerprint density at radius 2 is 2.18 bits per heavy atom. The van der Waals surface area contributed by atoms with Crippen LogP contribution in [0, 0.1) is 0 Å². The molecule has 2 fully saturated rings. The Kier molecular flexibility index (Phi) is 3.10. The van der Waals surface area contributed by atoms with E-state index in [2.05, 4.69) is 9.97 Å². The van der Waals surface area contributed by atoms with Gasteiger partial charge in [0.15, 0.2) is 0 Å². The summed E-state index contributed by atoms with van der Waals surface area (Å²) in [6.45, 7) is 0.420. The van der Waals surface area contributed by atoms with Crippen LogP contribution in [-0.4, -0.2) is 26.8 Å². The molecule has 6 heteroatoms. The number of H-pyrrole nitrogens is 1. The monoisotopic (exact) mass is 299 g/mol. The summed E-state index contributed by atoms with van der Waals surface area (Å²) in [6, 6.07) is 5.18. The van der Waals surface area contributed by atoms with Gasteiger partial charge in [-0.05, 0) is 37.8 Å². The van der Waals surface area contributed by atoms with E-state index in [0.717, 1.165) is 31.4 Å². The third kappa shape index (κ3) is 2.68. The Bertz CT molecular complexity index is 742. The van der Waals surface area contributed by atoms with Gasteiger partial charge in [-0.25, -0.2) is 4.98 Å². The minimum absolute atomic E-state index is 0.188. The minimum Gasteiger partial charge on any atom is -0.467 e. The molecule has 2 aliphatic rings. The van der Waals surface area contributed by atoms with Crippen molar-refractivity contribution in [3.05, 3.63) is 52.1 Å². The zero-order valence-corrected chi connectivity index (χ0v) is 12.1. The van der Waals surface area contributed by atoms with Crippen LogP contribution >= 0.6 is 0 Å². The van der Waals surface area contributed by atoms with Crippen molar-refractivity contribution in [2.45, 2.75) is 44.2 Å². The smallest absolute Gasteiger partial charge is 0.273 e. The normalized spacial score (nSPS) is 17.5. The summed E-state index contributed by atoms with van der Waals surface area (Å²) in [5.41, 5.74) is -0.0156. The Balaban J connectivity index is 1.62. The molecule has 22 heavy (non-hydrogen) atoms. The van der Waals surface area contributed by atoms with E-state index in [0.29, 0.717) is 18.3 Å². The molecule has 0 atom stereocenters. The van der Waals surface area contributed by atoms with Crippen molar-refractivity contribution in [3.8, 4) is 0 Å². The number of hydrogen-bond acceptors (Lipinski definition) is 4. The predicted molar refractivity (Wildman–Crippen MR) is 78.4 cm³/mol. The first-order valence-electron chi connectivity index (χ1n) is 7.65. The first kappa shape index (κ1) is 13.3. The lowest BCUT2D eigenvalue weighted by Gasteiger charge is -2.20. The lowest BCUT2D eigenvalue weighted by Crippen LogP contribution is -2.34. The molecule has 0 radical (unpaired) electrons. The first-order valence-corrected chi connectivity index (χ1v) is 7.65. The van der Waals surface area contributed by atoms with Gasteiger partial charge in [-0.1, -0.05) is 0 Å². The van der Waals surface area contributed by atoms with Crippen LogP contribution in [0.1, 0.15) is 53.7 Å². The number of carbonyl (C=O) groups is 1. The van der Waals surface area contributed by atoms with Crippen LogP contribution in [0.3, 0.4) is 0 Å². The Hall–Kier alpha value is -2.37.